The summed E-state index contributed by atoms with van der Waals surface area (Å²) in [7, 11) is -0.929. The van der Waals surface area contributed by atoms with Crippen molar-refractivity contribution in [3.05, 3.63) is 4.60 Å². The van der Waals surface area contributed by atoms with Crippen LogP contribution in [0.25, 0.3) is 0 Å². The summed E-state index contributed by atoms with van der Waals surface area (Å²) < 4.78 is 32.5. The van der Waals surface area contributed by atoms with Crippen molar-refractivity contribution in [1.29, 1.82) is 0 Å². The first-order valence-corrected chi connectivity index (χ1v) is 8.24. The normalized spacial score (nSPS) is 20.9. The number of piperidine rings is 1. The number of methoxy groups -OCH3 is 1. The second-order valence-corrected chi connectivity index (χ2v) is 7.14. The van der Waals surface area contributed by atoms with Crippen molar-refractivity contribution in [2.24, 2.45) is 13.0 Å². The van der Waals surface area contributed by atoms with E-state index in [1.54, 1.807) is 0 Å². The molecule has 1 aromatic rings. The molecule has 0 N–H and O–H groups in total. The molecule has 10 heteroatoms. The number of aryl methyl sites for hydroxylation is 1. The lowest BCUT2D eigenvalue weighted by molar-refractivity contribution is -0.146. The Bertz CT molecular complexity index is 595. The number of esters is 1. The highest BCUT2D eigenvalue weighted by Crippen LogP contribution is 2.27. The van der Waals surface area contributed by atoms with Crippen LogP contribution in [-0.4, -0.2) is 53.9 Å². The summed E-state index contributed by atoms with van der Waals surface area (Å²) in [5.41, 5.74) is 0. The Hall–Kier alpha value is -1.00. The minimum Gasteiger partial charge on any atom is -0.469 e. The van der Waals surface area contributed by atoms with E-state index >= 15 is 0 Å². The first-order valence-electron chi connectivity index (χ1n) is 6.01. The molecule has 0 aliphatic carbocycles. The van der Waals surface area contributed by atoms with Crippen molar-refractivity contribution in [3.8, 4) is 0 Å². The number of halogens is 1. The summed E-state index contributed by atoms with van der Waals surface area (Å²) in [6, 6.07) is 0. The van der Waals surface area contributed by atoms with Gasteiger partial charge in [0.1, 0.15) is 0 Å². The predicted molar refractivity (Wildman–Crippen MR) is 72.2 cm³/mol. The Morgan fingerprint density at radius 3 is 2.75 bits per heavy atom. The molecular weight excluding hydrogens is 352 g/mol. The van der Waals surface area contributed by atoms with Gasteiger partial charge in [-0.15, -0.1) is 5.10 Å². The van der Waals surface area contributed by atoms with Crippen LogP contribution in [0.3, 0.4) is 0 Å². The van der Waals surface area contributed by atoms with Crippen molar-refractivity contribution in [2.45, 2.75) is 17.9 Å². The second kappa shape index (κ2) is 5.78. The number of ether oxygens (including phenoxy) is 1. The van der Waals surface area contributed by atoms with Gasteiger partial charge in [0.25, 0.3) is 10.0 Å². The maximum absolute atomic E-state index is 12.6. The van der Waals surface area contributed by atoms with Gasteiger partial charge < -0.3 is 4.74 Å². The van der Waals surface area contributed by atoms with E-state index in [4.69, 9.17) is 0 Å². The number of aromatic nitrogens is 3. The number of sulfonamides is 1. The van der Waals surface area contributed by atoms with E-state index in [0.29, 0.717) is 19.4 Å². The van der Waals surface area contributed by atoms with Gasteiger partial charge in [0.15, 0.2) is 4.60 Å². The Morgan fingerprint density at radius 1 is 1.50 bits per heavy atom. The Balaban J connectivity index is 2.28. The molecule has 0 amide bonds. The fraction of sp³-hybridized carbons (Fsp3) is 0.700. The van der Waals surface area contributed by atoms with E-state index in [1.807, 2.05) is 0 Å². The molecule has 112 valence electrons. The molecule has 0 aromatic carbocycles. The number of carbonyl (C=O) groups excluding carboxylic acids is 1. The van der Waals surface area contributed by atoms with Crippen LogP contribution in [0.5, 0.6) is 0 Å². The maximum Gasteiger partial charge on any atom is 0.309 e. The first kappa shape index (κ1) is 15.4. The molecular formula is C10H15BrN4O4S. The highest BCUT2D eigenvalue weighted by molar-refractivity contribution is 9.10. The molecule has 8 nitrogen and oxygen atoms in total. The molecule has 2 rings (SSSR count). The van der Waals surface area contributed by atoms with Crippen molar-refractivity contribution in [1.82, 2.24) is 19.3 Å². The van der Waals surface area contributed by atoms with Gasteiger partial charge in [-0.2, -0.15) is 4.31 Å². The Morgan fingerprint density at radius 2 is 2.20 bits per heavy atom. The molecule has 1 fully saturated rings. The summed E-state index contributed by atoms with van der Waals surface area (Å²) in [6.45, 7) is 0.486. The molecule has 1 saturated heterocycles. The van der Waals surface area contributed by atoms with E-state index < -0.39 is 15.9 Å². The topological polar surface area (TPSA) is 94.4 Å². The van der Waals surface area contributed by atoms with Gasteiger partial charge in [0.05, 0.1) is 13.0 Å². The maximum atomic E-state index is 12.6. The monoisotopic (exact) mass is 366 g/mol. The molecule has 0 saturated carbocycles. The lowest BCUT2D eigenvalue weighted by Gasteiger charge is -2.30. The van der Waals surface area contributed by atoms with Gasteiger partial charge in [-0.1, -0.05) is 5.21 Å². The van der Waals surface area contributed by atoms with Gasteiger partial charge in [0.2, 0.25) is 5.03 Å². The van der Waals surface area contributed by atoms with Crippen molar-refractivity contribution >= 4 is 31.9 Å². The van der Waals surface area contributed by atoms with E-state index in [-0.39, 0.29) is 22.1 Å². The fourth-order valence-electron chi connectivity index (χ4n) is 2.24. The predicted octanol–water partition coefficient (Wildman–Crippen LogP) is 0.151. The first-order chi connectivity index (χ1) is 9.37. The van der Waals surface area contributed by atoms with Crippen molar-refractivity contribution < 1.29 is 17.9 Å². The minimum absolute atomic E-state index is 0.0111. The molecule has 0 radical (unpaired) electrons. The Kier molecular flexibility index (Phi) is 4.45. The van der Waals surface area contributed by atoms with Gasteiger partial charge in [-0.25, -0.2) is 13.1 Å². The van der Waals surface area contributed by atoms with E-state index in [1.165, 1.54) is 23.1 Å². The highest BCUT2D eigenvalue weighted by Gasteiger charge is 2.36. The lowest BCUT2D eigenvalue weighted by atomic mass is 10.0. The molecule has 0 spiro atoms. The largest absolute Gasteiger partial charge is 0.469 e. The number of hydrogen-bond donors (Lipinski definition) is 0. The molecule has 1 aromatic heterocycles. The van der Waals surface area contributed by atoms with Gasteiger partial charge in [-0.05, 0) is 28.8 Å². The number of carbonyl (C=O) groups is 1. The van der Waals surface area contributed by atoms with Gasteiger partial charge >= 0.3 is 5.97 Å². The number of rotatable bonds is 3. The second-order valence-electron chi connectivity index (χ2n) is 4.53. The van der Waals surface area contributed by atoms with Crippen LogP contribution in [0.2, 0.25) is 0 Å². The molecule has 1 atom stereocenters. The standard InChI is InChI=1S/C10H15BrN4O4S/c1-14-9(8(11)12-13-14)20(17,18)15-5-3-4-7(6-15)10(16)19-2/h7H,3-6H2,1-2H3/t7-/m0/s1. The summed E-state index contributed by atoms with van der Waals surface area (Å²) >= 11 is 3.09. The smallest absolute Gasteiger partial charge is 0.309 e. The number of hydrogen-bond acceptors (Lipinski definition) is 6. The number of nitrogens with zero attached hydrogens (tertiary/aromatic N) is 4. The minimum atomic E-state index is -3.74. The zero-order valence-corrected chi connectivity index (χ0v) is 13.5. The van der Waals surface area contributed by atoms with Gasteiger partial charge in [0, 0.05) is 20.1 Å². The third-order valence-electron chi connectivity index (χ3n) is 3.24. The van der Waals surface area contributed by atoms with Crippen LogP contribution in [0.1, 0.15) is 12.8 Å². The van der Waals surface area contributed by atoms with E-state index in [0.717, 1.165) is 0 Å². The van der Waals surface area contributed by atoms with Crippen molar-refractivity contribution in [3.63, 3.8) is 0 Å². The zero-order chi connectivity index (χ0) is 14.9. The quantitative estimate of drug-likeness (QED) is 0.706. The Labute approximate surface area is 125 Å². The average molecular weight is 367 g/mol. The molecule has 0 unspecified atom stereocenters. The van der Waals surface area contributed by atoms with E-state index in [9.17, 15) is 13.2 Å². The van der Waals surface area contributed by atoms with Crippen molar-refractivity contribution in [2.75, 3.05) is 20.2 Å². The molecule has 0 bridgehead atoms. The highest BCUT2D eigenvalue weighted by atomic mass is 79.9. The third kappa shape index (κ3) is 2.72. The third-order valence-corrected chi connectivity index (χ3v) is 5.99. The van der Waals surface area contributed by atoms with Crippen LogP contribution >= 0.6 is 15.9 Å². The SMILES string of the molecule is COC(=O)[C@H]1CCCN(S(=O)(=O)c2c(Br)nnn2C)C1. The van der Waals surface area contributed by atoms with Crippen LogP contribution in [0, 0.1) is 5.92 Å². The van der Waals surface area contributed by atoms with E-state index in [2.05, 4.69) is 31.0 Å². The summed E-state index contributed by atoms with van der Waals surface area (Å²) in [4.78, 5) is 11.6. The summed E-state index contributed by atoms with van der Waals surface area (Å²) in [5.74, 6) is -0.810. The fourth-order valence-corrected chi connectivity index (χ4v) is 4.79. The van der Waals surface area contributed by atoms with Crippen LogP contribution in [-0.2, 0) is 26.6 Å². The summed E-state index contributed by atoms with van der Waals surface area (Å²) in [5, 5.41) is 7.34. The summed E-state index contributed by atoms with van der Waals surface area (Å²) in [6.07, 6.45) is 1.24. The van der Waals surface area contributed by atoms with Gasteiger partial charge in [-0.3, -0.25) is 4.79 Å². The van der Waals surface area contributed by atoms with Crippen LogP contribution in [0.15, 0.2) is 9.63 Å². The average Bonchev–Trinajstić information content (AvgIpc) is 2.78. The lowest BCUT2D eigenvalue weighted by Crippen LogP contribution is -2.43. The molecule has 2 heterocycles. The van der Waals surface area contributed by atoms with Crippen LogP contribution < -0.4 is 0 Å². The zero-order valence-electron chi connectivity index (χ0n) is 11.1. The molecule has 1 aliphatic rings. The molecule has 20 heavy (non-hydrogen) atoms. The molecule has 1 aliphatic heterocycles. The van der Waals surface area contributed by atoms with Crippen LogP contribution in [0.4, 0.5) is 0 Å².